The largest absolute Gasteiger partial charge is 0.451 e. The second-order valence-corrected chi connectivity index (χ2v) is 8.18. The van der Waals surface area contributed by atoms with Gasteiger partial charge < -0.3 is 19.3 Å². The van der Waals surface area contributed by atoms with Crippen molar-refractivity contribution in [1.29, 1.82) is 0 Å². The Morgan fingerprint density at radius 3 is 2.81 bits per heavy atom. The zero-order valence-corrected chi connectivity index (χ0v) is 17.8. The third-order valence-corrected chi connectivity index (χ3v) is 5.89. The first-order chi connectivity index (χ1) is 15.0. The second kappa shape index (κ2) is 8.89. The van der Waals surface area contributed by atoms with Gasteiger partial charge in [-0.15, -0.1) is 5.10 Å². The summed E-state index contributed by atoms with van der Waals surface area (Å²) in [5.74, 6) is 0.296. The molecule has 2 amide bonds. The van der Waals surface area contributed by atoms with Crippen LogP contribution in [0, 0.1) is 0 Å². The molecule has 1 saturated heterocycles. The van der Waals surface area contributed by atoms with Crippen molar-refractivity contribution in [2.75, 3.05) is 27.2 Å². The number of nitrogens with zero attached hydrogens (tertiary/aromatic N) is 5. The number of fused-ring (bicyclic) bond motifs is 1. The molecule has 1 N–H and O–H groups in total. The van der Waals surface area contributed by atoms with E-state index in [1.165, 1.54) is 4.90 Å². The number of hydrogen-bond donors (Lipinski definition) is 1. The third-order valence-electron chi connectivity index (χ3n) is 5.89. The number of furan rings is 1. The summed E-state index contributed by atoms with van der Waals surface area (Å²) >= 11 is 0. The van der Waals surface area contributed by atoms with Crippen molar-refractivity contribution < 1.29 is 19.1 Å². The van der Waals surface area contributed by atoms with Gasteiger partial charge in [-0.3, -0.25) is 14.3 Å². The minimum Gasteiger partial charge on any atom is -0.451 e. The molecule has 0 radical (unpaired) electrons. The Morgan fingerprint density at radius 2 is 2.10 bits per heavy atom. The molecule has 0 aliphatic carbocycles. The highest BCUT2D eigenvalue weighted by Gasteiger charge is 2.32. The summed E-state index contributed by atoms with van der Waals surface area (Å²) in [6, 6.07) is 7.51. The summed E-state index contributed by atoms with van der Waals surface area (Å²) in [5, 5.41) is 18.3. The second-order valence-electron chi connectivity index (χ2n) is 8.18. The van der Waals surface area contributed by atoms with Crippen LogP contribution in [0.5, 0.6) is 0 Å². The van der Waals surface area contributed by atoms with E-state index in [0.717, 1.165) is 23.8 Å². The number of carbonyl (C=O) groups excluding carboxylic acids is 2. The lowest BCUT2D eigenvalue weighted by atomic mass is 9.87. The number of aliphatic hydroxyl groups excluding tert-OH is 1. The van der Waals surface area contributed by atoms with E-state index in [1.807, 2.05) is 18.2 Å². The number of likely N-dealkylation sites (tertiary alicyclic amines) is 1. The molecule has 164 valence electrons. The summed E-state index contributed by atoms with van der Waals surface area (Å²) in [6.45, 7) is 0.967. The van der Waals surface area contributed by atoms with Gasteiger partial charge in [0.2, 0.25) is 5.91 Å². The number of carbonyl (C=O) groups is 2. The Morgan fingerprint density at radius 1 is 1.26 bits per heavy atom. The molecule has 3 heterocycles. The van der Waals surface area contributed by atoms with Gasteiger partial charge in [-0.1, -0.05) is 11.3 Å². The van der Waals surface area contributed by atoms with Gasteiger partial charge in [0.15, 0.2) is 5.76 Å². The number of hydrogen-bond acceptors (Lipinski definition) is 6. The van der Waals surface area contributed by atoms with Crippen LogP contribution in [0.3, 0.4) is 0 Å². The van der Waals surface area contributed by atoms with Crippen LogP contribution in [0.25, 0.3) is 11.0 Å². The summed E-state index contributed by atoms with van der Waals surface area (Å²) in [7, 11) is 3.38. The maximum absolute atomic E-state index is 12.9. The molecule has 31 heavy (non-hydrogen) atoms. The van der Waals surface area contributed by atoms with E-state index in [1.54, 1.807) is 42.1 Å². The Bertz CT molecular complexity index is 1060. The fraction of sp³-hybridized carbons (Fsp3) is 0.455. The van der Waals surface area contributed by atoms with Crippen molar-refractivity contribution in [3.05, 3.63) is 48.0 Å². The molecule has 9 nitrogen and oxygen atoms in total. The number of aliphatic hydroxyl groups is 1. The zero-order chi connectivity index (χ0) is 22.0. The number of benzene rings is 1. The smallest absolute Gasteiger partial charge is 0.289 e. The number of rotatable bonds is 6. The van der Waals surface area contributed by atoms with Crippen LogP contribution in [0.1, 0.15) is 41.3 Å². The molecular formula is C22H27N5O4. The molecule has 0 bridgehead atoms. The molecule has 0 spiro atoms. The van der Waals surface area contributed by atoms with Crippen LogP contribution in [-0.4, -0.2) is 75.0 Å². The lowest BCUT2D eigenvalue weighted by molar-refractivity contribution is -0.136. The van der Waals surface area contributed by atoms with Crippen LogP contribution in [0.4, 0.5) is 0 Å². The topological polar surface area (TPSA) is 105 Å². The Labute approximate surface area is 180 Å². The first kappa shape index (κ1) is 21.0. The van der Waals surface area contributed by atoms with Crippen LogP contribution >= 0.6 is 0 Å². The van der Waals surface area contributed by atoms with Gasteiger partial charge in [0, 0.05) is 44.6 Å². The lowest BCUT2D eigenvalue weighted by Gasteiger charge is -2.39. The molecular weight excluding hydrogens is 398 g/mol. The first-order valence-electron chi connectivity index (χ1n) is 10.5. The summed E-state index contributed by atoms with van der Waals surface area (Å²) < 4.78 is 7.32. The zero-order valence-electron chi connectivity index (χ0n) is 17.8. The lowest BCUT2D eigenvalue weighted by Crippen LogP contribution is -2.48. The fourth-order valence-corrected chi connectivity index (χ4v) is 4.14. The van der Waals surface area contributed by atoms with Crippen LogP contribution in [0.2, 0.25) is 0 Å². The highest BCUT2D eigenvalue weighted by Crippen LogP contribution is 2.33. The predicted octanol–water partition coefficient (Wildman–Crippen LogP) is 1.88. The Hall–Kier alpha value is -3.20. The fourth-order valence-electron chi connectivity index (χ4n) is 4.14. The number of piperidine rings is 1. The van der Waals surface area contributed by atoms with Gasteiger partial charge in [0.05, 0.1) is 25.4 Å². The number of amides is 2. The molecule has 3 aromatic rings. The number of aryl methyl sites for hydroxylation is 1. The van der Waals surface area contributed by atoms with Crippen molar-refractivity contribution in [2.45, 2.75) is 37.8 Å². The van der Waals surface area contributed by atoms with Crippen molar-refractivity contribution in [1.82, 2.24) is 24.8 Å². The van der Waals surface area contributed by atoms with Gasteiger partial charge in [0.25, 0.3) is 5.91 Å². The summed E-state index contributed by atoms with van der Waals surface area (Å²) in [4.78, 5) is 28.4. The average molecular weight is 425 g/mol. The Kier molecular flexibility index (Phi) is 6.03. The molecule has 2 atom stereocenters. The maximum atomic E-state index is 12.9. The maximum Gasteiger partial charge on any atom is 0.289 e. The highest BCUT2D eigenvalue weighted by atomic mass is 16.3. The summed E-state index contributed by atoms with van der Waals surface area (Å²) in [6.07, 6.45) is 5.24. The van der Waals surface area contributed by atoms with Crippen molar-refractivity contribution in [2.24, 2.45) is 0 Å². The van der Waals surface area contributed by atoms with E-state index >= 15 is 0 Å². The Balaban J connectivity index is 1.50. The first-order valence-corrected chi connectivity index (χ1v) is 10.5. The van der Waals surface area contributed by atoms with Gasteiger partial charge >= 0.3 is 0 Å². The predicted molar refractivity (Wildman–Crippen MR) is 113 cm³/mol. The SMILES string of the molecule is CN(C)C(=O)c1cc2cc([C@H]3CC[C@H](CO)N(C(=O)CCn4ccnn4)C3)ccc2o1. The van der Waals surface area contributed by atoms with E-state index in [0.29, 0.717) is 30.9 Å². The standard InChI is InChI=1S/C22H27N5O4/c1-25(2)22(30)20-12-17-11-15(4-6-19(17)31-20)16-3-5-18(14-28)27(13-16)21(29)7-9-26-10-8-23-24-26/h4,6,8,10-12,16,18,28H,3,5,7,9,13-14H2,1-2H3/t16-,18+/m0/s1. The molecule has 0 unspecified atom stereocenters. The van der Waals surface area contributed by atoms with Gasteiger partial charge in [-0.05, 0) is 36.6 Å². The van der Waals surface area contributed by atoms with Gasteiger partial charge in [-0.25, -0.2) is 0 Å². The number of aromatic nitrogens is 3. The quantitative estimate of drug-likeness (QED) is 0.647. The molecule has 2 aromatic heterocycles. The molecule has 1 fully saturated rings. The van der Waals surface area contributed by atoms with E-state index < -0.39 is 0 Å². The minimum absolute atomic E-state index is 0.00232. The van der Waals surface area contributed by atoms with Gasteiger partial charge in [0.1, 0.15) is 5.58 Å². The third kappa shape index (κ3) is 4.46. The molecule has 9 heteroatoms. The normalized spacial score (nSPS) is 19.0. The van der Waals surface area contributed by atoms with Gasteiger partial charge in [-0.2, -0.15) is 0 Å². The van der Waals surface area contributed by atoms with Crippen molar-refractivity contribution in [3.8, 4) is 0 Å². The average Bonchev–Trinajstić information content (AvgIpc) is 3.45. The van der Waals surface area contributed by atoms with E-state index in [9.17, 15) is 14.7 Å². The van der Waals surface area contributed by atoms with Crippen LogP contribution in [0.15, 0.2) is 41.1 Å². The van der Waals surface area contributed by atoms with Crippen LogP contribution in [-0.2, 0) is 11.3 Å². The molecule has 1 aromatic carbocycles. The minimum atomic E-state index is -0.176. The van der Waals surface area contributed by atoms with Crippen molar-refractivity contribution >= 4 is 22.8 Å². The highest BCUT2D eigenvalue weighted by molar-refractivity contribution is 5.96. The molecule has 0 saturated carbocycles. The molecule has 4 rings (SSSR count). The van der Waals surface area contributed by atoms with E-state index in [2.05, 4.69) is 10.3 Å². The monoisotopic (exact) mass is 425 g/mol. The molecule has 1 aliphatic rings. The van der Waals surface area contributed by atoms with E-state index in [4.69, 9.17) is 4.42 Å². The van der Waals surface area contributed by atoms with E-state index in [-0.39, 0.29) is 30.4 Å². The van der Waals surface area contributed by atoms with Crippen LogP contribution < -0.4 is 0 Å². The van der Waals surface area contributed by atoms with Crippen molar-refractivity contribution in [3.63, 3.8) is 0 Å². The summed E-state index contributed by atoms with van der Waals surface area (Å²) in [5.41, 5.74) is 1.77. The molecule has 1 aliphatic heterocycles.